The SMILES string of the molecule is CCc1csc(Oc2ccc(C)cc2N)n1. The summed E-state index contributed by atoms with van der Waals surface area (Å²) in [7, 11) is 0. The van der Waals surface area contributed by atoms with E-state index in [-0.39, 0.29) is 0 Å². The molecule has 0 unspecified atom stereocenters. The van der Waals surface area contributed by atoms with Crippen molar-refractivity contribution in [2.75, 3.05) is 5.73 Å². The van der Waals surface area contributed by atoms with Crippen molar-refractivity contribution < 1.29 is 4.74 Å². The van der Waals surface area contributed by atoms with Crippen LogP contribution in [-0.4, -0.2) is 4.98 Å². The monoisotopic (exact) mass is 234 g/mol. The molecule has 16 heavy (non-hydrogen) atoms. The highest BCUT2D eigenvalue weighted by atomic mass is 32.1. The van der Waals surface area contributed by atoms with Crippen LogP contribution in [0.3, 0.4) is 0 Å². The van der Waals surface area contributed by atoms with Crippen LogP contribution in [0.25, 0.3) is 0 Å². The Morgan fingerprint density at radius 3 is 2.88 bits per heavy atom. The summed E-state index contributed by atoms with van der Waals surface area (Å²) in [6.07, 6.45) is 0.920. The van der Waals surface area contributed by atoms with Crippen LogP contribution < -0.4 is 10.5 Å². The lowest BCUT2D eigenvalue weighted by atomic mass is 10.2. The van der Waals surface area contributed by atoms with Crippen molar-refractivity contribution in [2.24, 2.45) is 0 Å². The molecule has 0 fully saturated rings. The molecule has 0 aliphatic heterocycles. The third kappa shape index (κ3) is 2.33. The molecular weight excluding hydrogens is 220 g/mol. The highest BCUT2D eigenvalue weighted by Gasteiger charge is 2.05. The summed E-state index contributed by atoms with van der Waals surface area (Å²) >= 11 is 1.49. The highest BCUT2D eigenvalue weighted by Crippen LogP contribution is 2.30. The van der Waals surface area contributed by atoms with Crippen molar-refractivity contribution in [2.45, 2.75) is 20.3 Å². The maximum Gasteiger partial charge on any atom is 0.278 e. The molecule has 1 aromatic carbocycles. The quantitative estimate of drug-likeness (QED) is 0.828. The predicted octanol–water partition coefficient (Wildman–Crippen LogP) is 3.39. The Bertz CT molecular complexity index is 494. The van der Waals surface area contributed by atoms with E-state index in [9.17, 15) is 0 Å². The van der Waals surface area contributed by atoms with Gasteiger partial charge in [-0.25, -0.2) is 4.98 Å². The molecule has 0 atom stereocenters. The van der Waals surface area contributed by atoms with E-state index < -0.39 is 0 Å². The average Bonchev–Trinajstić information content (AvgIpc) is 2.70. The van der Waals surface area contributed by atoms with Crippen molar-refractivity contribution in [3.8, 4) is 10.9 Å². The van der Waals surface area contributed by atoms with Crippen molar-refractivity contribution in [1.29, 1.82) is 0 Å². The summed E-state index contributed by atoms with van der Waals surface area (Å²) in [5, 5.41) is 2.65. The second-order valence-electron chi connectivity index (χ2n) is 3.60. The van der Waals surface area contributed by atoms with Crippen LogP contribution in [0.15, 0.2) is 23.6 Å². The summed E-state index contributed by atoms with van der Waals surface area (Å²) in [6, 6.07) is 5.74. The number of ether oxygens (including phenoxy) is 1. The number of benzene rings is 1. The van der Waals surface area contributed by atoms with Gasteiger partial charge < -0.3 is 10.5 Å². The van der Waals surface area contributed by atoms with Gasteiger partial charge in [-0.2, -0.15) is 0 Å². The summed E-state index contributed by atoms with van der Waals surface area (Å²) in [6.45, 7) is 4.07. The van der Waals surface area contributed by atoms with Crippen molar-refractivity contribution in [3.63, 3.8) is 0 Å². The van der Waals surface area contributed by atoms with E-state index in [1.165, 1.54) is 11.3 Å². The van der Waals surface area contributed by atoms with Gasteiger partial charge >= 0.3 is 0 Å². The molecule has 84 valence electrons. The van der Waals surface area contributed by atoms with Gasteiger partial charge in [0.1, 0.15) is 0 Å². The van der Waals surface area contributed by atoms with E-state index in [0.29, 0.717) is 16.6 Å². The zero-order chi connectivity index (χ0) is 11.5. The molecule has 0 aliphatic carbocycles. The largest absolute Gasteiger partial charge is 0.429 e. The molecule has 0 aliphatic rings. The van der Waals surface area contributed by atoms with Gasteiger partial charge in [0.05, 0.1) is 11.4 Å². The molecule has 4 heteroatoms. The Balaban J connectivity index is 2.20. The Kier molecular flexibility index (Phi) is 3.10. The number of thiazole rings is 1. The number of aromatic nitrogens is 1. The summed E-state index contributed by atoms with van der Waals surface area (Å²) in [4.78, 5) is 4.33. The van der Waals surface area contributed by atoms with Crippen LogP contribution in [0.1, 0.15) is 18.2 Å². The van der Waals surface area contributed by atoms with E-state index in [1.54, 1.807) is 0 Å². The van der Waals surface area contributed by atoms with Crippen LogP contribution >= 0.6 is 11.3 Å². The molecule has 0 amide bonds. The normalized spacial score (nSPS) is 10.4. The number of anilines is 1. The number of hydrogen-bond donors (Lipinski definition) is 1. The van der Waals surface area contributed by atoms with Gasteiger partial charge in [-0.15, -0.1) is 0 Å². The van der Waals surface area contributed by atoms with E-state index in [4.69, 9.17) is 10.5 Å². The number of aryl methyl sites for hydroxylation is 2. The van der Waals surface area contributed by atoms with Gasteiger partial charge in [0.2, 0.25) is 0 Å². The van der Waals surface area contributed by atoms with Crippen molar-refractivity contribution in [3.05, 3.63) is 34.8 Å². The van der Waals surface area contributed by atoms with Gasteiger partial charge in [-0.1, -0.05) is 24.3 Å². The van der Waals surface area contributed by atoms with Crippen LogP contribution in [0.5, 0.6) is 10.9 Å². The molecule has 2 rings (SSSR count). The molecule has 0 bridgehead atoms. The van der Waals surface area contributed by atoms with Gasteiger partial charge in [0.25, 0.3) is 5.19 Å². The fraction of sp³-hybridized carbons (Fsp3) is 0.250. The van der Waals surface area contributed by atoms with Crippen LogP contribution in [0, 0.1) is 6.92 Å². The highest BCUT2D eigenvalue weighted by molar-refractivity contribution is 7.11. The number of nitrogens with two attached hydrogens (primary N) is 1. The van der Waals surface area contributed by atoms with Crippen LogP contribution in [0.4, 0.5) is 5.69 Å². The predicted molar refractivity (Wildman–Crippen MR) is 67.2 cm³/mol. The minimum atomic E-state index is 0.646. The molecule has 0 radical (unpaired) electrons. The fourth-order valence-electron chi connectivity index (χ4n) is 1.35. The number of nitrogens with zero attached hydrogens (tertiary/aromatic N) is 1. The smallest absolute Gasteiger partial charge is 0.278 e. The lowest BCUT2D eigenvalue weighted by molar-refractivity contribution is 0.479. The first-order valence-electron chi connectivity index (χ1n) is 5.17. The minimum absolute atomic E-state index is 0.646. The summed E-state index contributed by atoms with van der Waals surface area (Å²) in [5.74, 6) is 0.669. The van der Waals surface area contributed by atoms with Crippen molar-refractivity contribution in [1.82, 2.24) is 4.98 Å². The van der Waals surface area contributed by atoms with Crippen molar-refractivity contribution >= 4 is 17.0 Å². The number of hydrogen-bond acceptors (Lipinski definition) is 4. The Hall–Kier alpha value is -1.55. The third-order valence-electron chi connectivity index (χ3n) is 2.26. The second kappa shape index (κ2) is 4.53. The Morgan fingerprint density at radius 1 is 1.44 bits per heavy atom. The maximum absolute atomic E-state index is 5.86. The molecule has 1 heterocycles. The van der Waals surface area contributed by atoms with Gasteiger partial charge in [-0.05, 0) is 31.0 Å². The third-order valence-corrected chi connectivity index (χ3v) is 3.02. The first-order chi connectivity index (χ1) is 7.69. The second-order valence-corrected chi connectivity index (χ2v) is 4.42. The molecular formula is C12H14N2OS. The first-order valence-corrected chi connectivity index (χ1v) is 6.05. The molecule has 0 spiro atoms. The van der Waals surface area contributed by atoms with E-state index in [1.807, 2.05) is 30.5 Å². The topological polar surface area (TPSA) is 48.1 Å². The molecule has 3 nitrogen and oxygen atoms in total. The maximum atomic E-state index is 5.86. The molecule has 2 aromatic rings. The first kappa shape index (κ1) is 11.0. The van der Waals surface area contributed by atoms with Gasteiger partial charge in [0, 0.05) is 5.38 Å². The zero-order valence-corrected chi connectivity index (χ0v) is 10.2. The average molecular weight is 234 g/mol. The summed E-state index contributed by atoms with van der Waals surface area (Å²) in [5.41, 5.74) is 8.68. The van der Waals surface area contributed by atoms with Gasteiger partial charge in [0.15, 0.2) is 5.75 Å². The van der Waals surface area contributed by atoms with Gasteiger partial charge in [-0.3, -0.25) is 0 Å². The number of rotatable bonds is 3. The van der Waals surface area contributed by atoms with E-state index in [2.05, 4.69) is 11.9 Å². The lowest BCUT2D eigenvalue weighted by Crippen LogP contribution is -1.92. The number of nitrogen functional groups attached to an aromatic ring is 1. The molecule has 0 saturated carbocycles. The molecule has 1 aromatic heterocycles. The fourth-order valence-corrected chi connectivity index (χ4v) is 2.12. The zero-order valence-electron chi connectivity index (χ0n) is 9.36. The van der Waals surface area contributed by atoms with Crippen LogP contribution in [0.2, 0.25) is 0 Å². The van der Waals surface area contributed by atoms with Crippen LogP contribution in [-0.2, 0) is 6.42 Å². The van der Waals surface area contributed by atoms with E-state index in [0.717, 1.165) is 17.7 Å². The molecule has 0 saturated heterocycles. The molecule has 2 N–H and O–H groups in total. The minimum Gasteiger partial charge on any atom is -0.429 e. The summed E-state index contributed by atoms with van der Waals surface area (Å²) < 4.78 is 5.63. The standard InChI is InChI=1S/C12H14N2OS/c1-3-9-7-16-12(14-9)15-11-5-4-8(2)6-10(11)13/h4-7H,3,13H2,1-2H3. The lowest BCUT2D eigenvalue weighted by Gasteiger charge is -2.05. The Labute approximate surface area is 98.9 Å². The van der Waals surface area contributed by atoms with E-state index >= 15 is 0 Å². The Morgan fingerprint density at radius 2 is 2.25 bits per heavy atom.